The van der Waals surface area contributed by atoms with E-state index in [9.17, 15) is 9.59 Å². The van der Waals surface area contributed by atoms with Crippen molar-refractivity contribution in [3.8, 4) is 0 Å². The number of carbonyl (C=O) groups excluding carboxylic acids is 2. The topological polar surface area (TPSA) is 63.4 Å². The number of carbonyl (C=O) groups is 2. The predicted molar refractivity (Wildman–Crippen MR) is 67.4 cm³/mol. The minimum Gasteiger partial charge on any atom is -0.334 e. The van der Waals surface area contributed by atoms with Crippen LogP contribution in [-0.2, 0) is 0 Å². The summed E-state index contributed by atoms with van der Waals surface area (Å²) < 4.78 is 0. The average Bonchev–Trinajstić information content (AvgIpc) is 2.96. The summed E-state index contributed by atoms with van der Waals surface area (Å²) in [5, 5.41) is 1.74. The molecule has 1 aliphatic heterocycles. The molecule has 1 aliphatic rings. The minimum absolute atomic E-state index is 0.00269. The molecule has 2 N–H and O–H groups in total. The van der Waals surface area contributed by atoms with Crippen molar-refractivity contribution in [1.82, 2.24) is 4.90 Å². The van der Waals surface area contributed by atoms with Crippen LogP contribution >= 0.6 is 11.3 Å². The van der Waals surface area contributed by atoms with Crippen molar-refractivity contribution in [3.63, 3.8) is 0 Å². The SMILES string of the molecule is CC(=O)c1csc(C(=O)N2CCCC2CN)c1. The van der Waals surface area contributed by atoms with Crippen LogP contribution in [0.2, 0.25) is 0 Å². The number of likely N-dealkylation sites (tertiary alicyclic amines) is 1. The molecule has 4 nitrogen and oxygen atoms in total. The third kappa shape index (κ3) is 2.40. The maximum absolute atomic E-state index is 12.2. The quantitative estimate of drug-likeness (QED) is 0.829. The van der Waals surface area contributed by atoms with Crippen LogP contribution in [0.1, 0.15) is 39.8 Å². The van der Waals surface area contributed by atoms with E-state index in [0.717, 1.165) is 19.4 Å². The molecule has 0 aromatic carbocycles. The molecule has 2 heterocycles. The highest BCUT2D eigenvalue weighted by atomic mass is 32.1. The molecule has 1 unspecified atom stereocenters. The van der Waals surface area contributed by atoms with Gasteiger partial charge in [-0.1, -0.05) is 0 Å². The van der Waals surface area contributed by atoms with Crippen molar-refractivity contribution in [2.75, 3.05) is 13.1 Å². The van der Waals surface area contributed by atoms with E-state index in [1.807, 2.05) is 4.90 Å². The van der Waals surface area contributed by atoms with Crippen LogP contribution in [0.15, 0.2) is 11.4 Å². The molecule has 5 heteroatoms. The number of thiophene rings is 1. The third-order valence-electron chi connectivity index (χ3n) is 3.13. The number of rotatable bonds is 3. The van der Waals surface area contributed by atoms with Gasteiger partial charge in [-0.25, -0.2) is 0 Å². The lowest BCUT2D eigenvalue weighted by Crippen LogP contribution is -2.39. The number of Topliss-reactive ketones (excluding diaryl/α,β-unsaturated/α-hetero) is 1. The summed E-state index contributed by atoms with van der Waals surface area (Å²) in [4.78, 5) is 25.9. The summed E-state index contributed by atoms with van der Waals surface area (Å²) in [6.45, 7) is 2.79. The van der Waals surface area contributed by atoms with Gasteiger partial charge in [-0.2, -0.15) is 0 Å². The number of hydrogen-bond acceptors (Lipinski definition) is 4. The van der Waals surface area contributed by atoms with Crippen LogP contribution in [0.3, 0.4) is 0 Å². The van der Waals surface area contributed by atoms with E-state index in [2.05, 4.69) is 0 Å². The van der Waals surface area contributed by atoms with Crippen molar-refractivity contribution < 1.29 is 9.59 Å². The fourth-order valence-corrected chi connectivity index (χ4v) is 3.02. The molecular weight excluding hydrogens is 236 g/mol. The molecule has 2 rings (SSSR count). The molecule has 0 radical (unpaired) electrons. The summed E-state index contributed by atoms with van der Waals surface area (Å²) in [6.07, 6.45) is 1.99. The molecule has 0 saturated carbocycles. The highest BCUT2D eigenvalue weighted by Gasteiger charge is 2.29. The van der Waals surface area contributed by atoms with Gasteiger partial charge in [-0.05, 0) is 25.8 Å². The van der Waals surface area contributed by atoms with E-state index in [0.29, 0.717) is 17.0 Å². The monoisotopic (exact) mass is 252 g/mol. The van der Waals surface area contributed by atoms with E-state index in [1.54, 1.807) is 11.4 Å². The Morgan fingerprint density at radius 3 is 2.94 bits per heavy atom. The van der Waals surface area contributed by atoms with E-state index in [4.69, 9.17) is 5.73 Å². The largest absolute Gasteiger partial charge is 0.334 e. The predicted octanol–water partition coefficient (Wildman–Crippen LogP) is 1.51. The fourth-order valence-electron chi connectivity index (χ4n) is 2.12. The zero-order chi connectivity index (χ0) is 12.4. The Morgan fingerprint density at radius 1 is 1.59 bits per heavy atom. The summed E-state index contributed by atoms with van der Waals surface area (Å²) in [5.41, 5.74) is 6.26. The van der Waals surface area contributed by atoms with Crippen LogP contribution in [-0.4, -0.2) is 35.7 Å². The molecule has 1 atom stereocenters. The third-order valence-corrected chi connectivity index (χ3v) is 4.05. The maximum atomic E-state index is 12.2. The average molecular weight is 252 g/mol. The molecule has 0 bridgehead atoms. The van der Waals surface area contributed by atoms with Crippen molar-refractivity contribution in [3.05, 3.63) is 21.9 Å². The van der Waals surface area contributed by atoms with Crippen LogP contribution in [0, 0.1) is 0 Å². The summed E-state index contributed by atoms with van der Waals surface area (Å²) in [6, 6.07) is 1.84. The first-order valence-corrected chi connectivity index (χ1v) is 6.62. The molecule has 92 valence electrons. The number of hydrogen-bond donors (Lipinski definition) is 1. The van der Waals surface area contributed by atoms with Gasteiger partial charge in [-0.3, -0.25) is 9.59 Å². The van der Waals surface area contributed by atoms with Gasteiger partial charge in [0.2, 0.25) is 0 Å². The van der Waals surface area contributed by atoms with Gasteiger partial charge in [0.15, 0.2) is 5.78 Å². The van der Waals surface area contributed by atoms with Gasteiger partial charge in [0, 0.05) is 30.1 Å². The highest BCUT2D eigenvalue weighted by Crippen LogP contribution is 2.23. The van der Waals surface area contributed by atoms with Crippen molar-refractivity contribution in [2.24, 2.45) is 5.73 Å². The van der Waals surface area contributed by atoms with Gasteiger partial charge in [-0.15, -0.1) is 11.3 Å². The van der Waals surface area contributed by atoms with Crippen molar-refractivity contribution >= 4 is 23.0 Å². The van der Waals surface area contributed by atoms with Gasteiger partial charge in [0.05, 0.1) is 4.88 Å². The molecule has 0 aliphatic carbocycles. The zero-order valence-electron chi connectivity index (χ0n) is 9.81. The molecule has 1 aromatic heterocycles. The van der Waals surface area contributed by atoms with Crippen LogP contribution in [0.25, 0.3) is 0 Å². The number of amides is 1. The lowest BCUT2D eigenvalue weighted by atomic mass is 10.2. The molecular formula is C12H16N2O2S. The first kappa shape index (κ1) is 12.3. The maximum Gasteiger partial charge on any atom is 0.264 e. The number of nitrogens with two attached hydrogens (primary N) is 1. The Kier molecular flexibility index (Phi) is 3.59. The summed E-state index contributed by atoms with van der Waals surface area (Å²) in [7, 11) is 0. The molecule has 1 saturated heterocycles. The lowest BCUT2D eigenvalue weighted by molar-refractivity contribution is 0.0746. The van der Waals surface area contributed by atoms with E-state index < -0.39 is 0 Å². The first-order valence-electron chi connectivity index (χ1n) is 5.74. The normalized spacial score (nSPS) is 19.6. The second kappa shape index (κ2) is 4.98. The second-order valence-corrected chi connectivity index (χ2v) is 5.20. The van der Waals surface area contributed by atoms with E-state index in [-0.39, 0.29) is 17.7 Å². The number of ketones is 1. The highest BCUT2D eigenvalue weighted by molar-refractivity contribution is 7.12. The Labute approximate surface area is 104 Å². The van der Waals surface area contributed by atoms with Crippen molar-refractivity contribution in [1.29, 1.82) is 0 Å². The van der Waals surface area contributed by atoms with Crippen LogP contribution in [0.5, 0.6) is 0 Å². The minimum atomic E-state index is -0.00269. The molecule has 0 spiro atoms. The number of nitrogens with zero attached hydrogens (tertiary/aromatic N) is 1. The van der Waals surface area contributed by atoms with Gasteiger partial charge < -0.3 is 10.6 Å². The fraction of sp³-hybridized carbons (Fsp3) is 0.500. The summed E-state index contributed by atoms with van der Waals surface area (Å²) in [5.74, 6) is 0.00699. The lowest BCUT2D eigenvalue weighted by Gasteiger charge is -2.22. The van der Waals surface area contributed by atoms with Crippen LogP contribution in [0.4, 0.5) is 0 Å². The smallest absolute Gasteiger partial charge is 0.264 e. The van der Waals surface area contributed by atoms with Crippen molar-refractivity contribution in [2.45, 2.75) is 25.8 Å². The van der Waals surface area contributed by atoms with Gasteiger partial charge in [0.1, 0.15) is 0 Å². The molecule has 1 fully saturated rings. The molecule has 1 aromatic rings. The Morgan fingerprint density at radius 2 is 2.35 bits per heavy atom. The molecule has 1 amide bonds. The standard InChI is InChI=1S/C12H16N2O2S/c1-8(15)9-5-11(17-7-9)12(16)14-4-2-3-10(14)6-13/h5,7,10H,2-4,6,13H2,1H3. The zero-order valence-corrected chi connectivity index (χ0v) is 10.6. The Bertz CT molecular complexity index is 441. The van der Waals surface area contributed by atoms with Crippen LogP contribution < -0.4 is 5.73 Å². The Balaban J connectivity index is 2.16. The van der Waals surface area contributed by atoms with Gasteiger partial charge >= 0.3 is 0 Å². The Hall–Kier alpha value is -1.20. The van der Waals surface area contributed by atoms with E-state index in [1.165, 1.54) is 18.3 Å². The summed E-state index contributed by atoms with van der Waals surface area (Å²) >= 11 is 1.33. The molecule has 17 heavy (non-hydrogen) atoms. The van der Waals surface area contributed by atoms with E-state index >= 15 is 0 Å². The second-order valence-electron chi connectivity index (χ2n) is 4.29. The first-order chi connectivity index (χ1) is 8.13. The van der Waals surface area contributed by atoms with Gasteiger partial charge in [0.25, 0.3) is 5.91 Å².